The van der Waals surface area contributed by atoms with Gasteiger partial charge >= 0.3 is 0 Å². The van der Waals surface area contributed by atoms with Crippen molar-refractivity contribution in [1.29, 1.82) is 0 Å². The first-order chi connectivity index (χ1) is 13.0. The fourth-order valence-electron chi connectivity index (χ4n) is 2.56. The van der Waals surface area contributed by atoms with E-state index in [4.69, 9.17) is 4.74 Å². The Kier molecular flexibility index (Phi) is 5.51. The summed E-state index contributed by atoms with van der Waals surface area (Å²) >= 11 is 0. The molecule has 0 fully saturated rings. The number of amides is 2. The van der Waals surface area contributed by atoms with E-state index in [1.54, 1.807) is 41.1 Å². The number of hydrogen-bond acceptors (Lipinski definition) is 4. The second kappa shape index (κ2) is 8.18. The van der Waals surface area contributed by atoms with Gasteiger partial charge in [-0.25, -0.2) is 0 Å². The summed E-state index contributed by atoms with van der Waals surface area (Å²) in [5.74, 6) is 0.166. The molecule has 0 spiro atoms. The molecule has 2 amide bonds. The van der Waals surface area contributed by atoms with Crippen LogP contribution in [0.15, 0.2) is 60.7 Å². The van der Waals surface area contributed by atoms with Crippen LogP contribution < -0.4 is 15.6 Å². The van der Waals surface area contributed by atoms with E-state index in [0.717, 1.165) is 11.4 Å². The SMILES string of the molecule is Cc1cc(C)n(CC(=O)NNC(=O)c2ccccc2Oc2ccccc2)n1. The number of nitrogens with zero attached hydrogens (tertiary/aromatic N) is 2. The minimum Gasteiger partial charge on any atom is -0.457 e. The number of para-hydroxylation sites is 2. The Labute approximate surface area is 156 Å². The van der Waals surface area contributed by atoms with E-state index in [2.05, 4.69) is 16.0 Å². The van der Waals surface area contributed by atoms with Crippen LogP contribution >= 0.6 is 0 Å². The van der Waals surface area contributed by atoms with Gasteiger partial charge in [0, 0.05) is 5.69 Å². The van der Waals surface area contributed by atoms with E-state index in [-0.39, 0.29) is 12.5 Å². The number of aryl methyl sites for hydroxylation is 2. The highest BCUT2D eigenvalue weighted by Crippen LogP contribution is 2.24. The molecule has 1 aromatic heterocycles. The summed E-state index contributed by atoms with van der Waals surface area (Å²) in [4.78, 5) is 24.5. The molecule has 0 atom stereocenters. The van der Waals surface area contributed by atoms with Gasteiger partial charge in [0.2, 0.25) is 0 Å². The molecule has 27 heavy (non-hydrogen) atoms. The van der Waals surface area contributed by atoms with Gasteiger partial charge in [0.05, 0.1) is 11.3 Å². The van der Waals surface area contributed by atoms with Crippen molar-refractivity contribution in [3.8, 4) is 11.5 Å². The second-order valence-electron chi connectivity index (χ2n) is 6.00. The molecule has 138 valence electrons. The summed E-state index contributed by atoms with van der Waals surface area (Å²) < 4.78 is 7.34. The fourth-order valence-corrected chi connectivity index (χ4v) is 2.56. The molecule has 7 nitrogen and oxygen atoms in total. The lowest BCUT2D eigenvalue weighted by Crippen LogP contribution is -2.43. The molecule has 0 aliphatic rings. The monoisotopic (exact) mass is 364 g/mol. The predicted molar refractivity (Wildman–Crippen MR) is 100 cm³/mol. The van der Waals surface area contributed by atoms with E-state index >= 15 is 0 Å². The Morgan fingerprint density at radius 2 is 1.70 bits per heavy atom. The molecule has 2 aromatic carbocycles. The van der Waals surface area contributed by atoms with Crippen LogP contribution in [0, 0.1) is 13.8 Å². The molecule has 0 saturated heterocycles. The van der Waals surface area contributed by atoms with Crippen LogP contribution in [0.5, 0.6) is 11.5 Å². The molecule has 7 heteroatoms. The number of rotatable bonds is 5. The molecule has 3 rings (SSSR count). The van der Waals surface area contributed by atoms with Crippen LogP contribution in [0.1, 0.15) is 21.7 Å². The molecule has 3 aromatic rings. The molecular weight excluding hydrogens is 344 g/mol. The zero-order valence-electron chi connectivity index (χ0n) is 15.1. The number of hydrazine groups is 1. The highest BCUT2D eigenvalue weighted by Gasteiger charge is 2.14. The minimum atomic E-state index is -0.469. The van der Waals surface area contributed by atoms with Gasteiger partial charge < -0.3 is 4.74 Å². The van der Waals surface area contributed by atoms with Gasteiger partial charge in [-0.3, -0.25) is 25.1 Å². The lowest BCUT2D eigenvalue weighted by Gasteiger charge is -2.12. The summed E-state index contributed by atoms with van der Waals surface area (Å²) in [5.41, 5.74) is 6.83. The fraction of sp³-hybridized carbons (Fsp3) is 0.150. The van der Waals surface area contributed by atoms with Gasteiger partial charge in [-0.15, -0.1) is 0 Å². The Bertz CT molecular complexity index is 951. The molecule has 2 N–H and O–H groups in total. The Hall–Kier alpha value is -3.61. The maximum absolute atomic E-state index is 12.5. The first-order valence-corrected chi connectivity index (χ1v) is 8.45. The van der Waals surface area contributed by atoms with Crippen molar-refractivity contribution in [1.82, 2.24) is 20.6 Å². The summed E-state index contributed by atoms with van der Waals surface area (Å²) in [5, 5.41) is 4.22. The minimum absolute atomic E-state index is 0.0160. The van der Waals surface area contributed by atoms with Crippen LogP contribution in [0.2, 0.25) is 0 Å². The number of ether oxygens (including phenoxy) is 1. The average Bonchev–Trinajstić information content (AvgIpc) is 2.98. The van der Waals surface area contributed by atoms with Gasteiger partial charge in [0.15, 0.2) is 0 Å². The Balaban J connectivity index is 1.62. The topological polar surface area (TPSA) is 85.2 Å². The predicted octanol–water partition coefficient (Wildman–Crippen LogP) is 2.75. The molecule has 0 radical (unpaired) electrons. The number of benzene rings is 2. The quantitative estimate of drug-likeness (QED) is 0.682. The molecule has 1 heterocycles. The standard InChI is InChI=1S/C20H20N4O3/c1-14-12-15(2)24(23-14)13-19(25)21-22-20(26)17-10-6-7-11-18(17)27-16-8-4-3-5-9-16/h3-12H,13H2,1-2H3,(H,21,25)(H,22,26). The lowest BCUT2D eigenvalue weighted by molar-refractivity contribution is -0.122. The van der Waals surface area contributed by atoms with Gasteiger partial charge in [-0.1, -0.05) is 30.3 Å². The Morgan fingerprint density at radius 3 is 2.41 bits per heavy atom. The zero-order valence-corrected chi connectivity index (χ0v) is 15.1. The van der Waals surface area contributed by atoms with Crippen molar-refractivity contribution in [2.45, 2.75) is 20.4 Å². The number of hydrogen-bond donors (Lipinski definition) is 2. The number of aromatic nitrogens is 2. The van der Waals surface area contributed by atoms with Crippen LogP contribution in [0.3, 0.4) is 0 Å². The van der Waals surface area contributed by atoms with E-state index in [9.17, 15) is 9.59 Å². The highest BCUT2D eigenvalue weighted by molar-refractivity contribution is 5.97. The third-order valence-corrected chi connectivity index (χ3v) is 3.81. The zero-order chi connectivity index (χ0) is 19.2. The first-order valence-electron chi connectivity index (χ1n) is 8.45. The summed E-state index contributed by atoms with van der Waals surface area (Å²) in [6.45, 7) is 3.73. The van der Waals surface area contributed by atoms with E-state index < -0.39 is 5.91 Å². The van der Waals surface area contributed by atoms with Crippen molar-refractivity contribution < 1.29 is 14.3 Å². The Morgan fingerprint density at radius 1 is 1.00 bits per heavy atom. The molecule has 0 bridgehead atoms. The number of nitrogens with one attached hydrogen (secondary N) is 2. The molecular formula is C20H20N4O3. The lowest BCUT2D eigenvalue weighted by atomic mass is 10.2. The van der Waals surface area contributed by atoms with Crippen molar-refractivity contribution in [3.05, 3.63) is 77.6 Å². The van der Waals surface area contributed by atoms with Gasteiger partial charge in [0.25, 0.3) is 11.8 Å². The molecule has 0 aliphatic heterocycles. The summed E-state index contributed by atoms with van der Waals surface area (Å²) in [7, 11) is 0. The van der Waals surface area contributed by atoms with Crippen LogP contribution in [0.4, 0.5) is 0 Å². The van der Waals surface area contributed by atoms with E-state index in [1.807, 2.05) is 38.1 Å². The first kappa shape index (κ1) is 18.2. The largest absolute Gasteiger partial charge is 0.457 e. The summed E-state index contributed by atoms with van der Waals surface area (Å²) in [6.07, 6.45) is 0. The number of carbonyl (C=O) groups excluding carboxylic acids is 2. The van der Waals surface area contributed by atoms with Gasteiger partial charge in [-0.2, -0.15) is 5.10 Å². The third kappa shape index (κ3) is 4.72. The van der Waals surface area contributed by atoms with Crippen LogP contribution in [-0.4, -0.2) is 21.6 Å². The smallest absolute Gasteiger partial charge is 0.273 e. The number of carbonyl (C=O) groups is 2. The van der Waals surface area contributed by atoms with Crippen LogP contribution in [0.25, 0.3) is 0 Å². The van der Waals surface area contributed by atoms with Crippen molar-refractivity contribution in [3.63, 3.8) is 0 Å². The maximum atomic E-state index is 12.5. The molecule has 0 saturated carbocycles. The molecule has 0 unspecified atom stereocenters. The third-order valence-electron chi connectivity index (χ3n) is 3.81. The van der Waals surface area contributed by atoms with Crippen molar-refractivity contribution in [2.24, 2.45) is 0 Å². The van der Waals surface area contributed by atoms with Crippen LogP contribution in [-0.2, 0) is 11.3 Å². The van der Waals surface area contributed by atoms with Crippen molar-refractivity contribution in [2.75, 3.05) is 0 Å². The molecule has 0 aliphatic carbocycles. The normalized spacial score (nSPS) is 10.3. The van der Waals surface area contributed by atoms with E-state index in [0.29, 0.717) is 17.1 Å². The summed E-state index contributed by atoms with van der Waals surface area (Å²) in [6, 6.07) is 17.9. The van der Waals surface area contributed by atoms with Gasteiger partial charge in [-0.05, 0) is 44.2 Å². The van der Waals surface area contributed by atoms with Gasteiger partial charge in [0.1, 0.15) is 18.0 Å². The van der Waals surface area contributed by atoms with E-state index in [1.165, 1.54) is 0 Å². The maximum Gasteiger partial charge on any atom is 0.273 e. The highest BCUT2D eigenvalue weighted by atomic mass is 16.5. The average molecular weight is 364 g/mol. The van der Waals surface area contributed by atoms with Crippen molar-refractivity contribution >= 4 is 11.8 Å². The second-order valence-corrected chi connectivity index (χ2v) is 6.00.